The SMILES string of the molecule is CCNc1cc(NCC(COC)OC)nc(SC)n1. The van der Waals surface area contributed by atoms with Gasteiger partial charge in [0.1, 0.15) is 11.6 Å². The molecule has 1 aromatic rings. The van der Waals surface area contributed by atoms with E-state index in [1.54, 1.807) is 14.2 Å². The maximum Gasteiger partial charge on any atom is 0.191 e. The first-order valence-electron chi connectivity index (χ1n) is 6.16. The fraction of sp³-hybridized carbons (Fsp3) is 0.667. The van der Waals surface area contributed by atoms with Crippen LogP contribution in [0.2, 0.25) is 0 Å². The third-order valence-electron chi connectivity index (χ3n) is 2.44. The molecule has 0 aliphatic rings. The topological polar surface area (TPSA) is 68.3 Å². The standard InChI is InChI=1S/C12H22N4O2S/c1-5-13-10-6-11(16-12(15-10)19-4)14-7-9(18-3)8-17-2/h6,9H,5,7-8H2,1-4H3,(H2,13,14,15,16). The summed E-state index contributed by atoms with van der Waals surface area (Å²) in [5, 5.41) is 7.17. The number of nitrogens with one attached hydrogen (secondary N) is 2. The quantitative estimate of drug-likeness (QED) is 0.529. The van der Waals surface area contributed by atoms with E-state index in [-0.39, 0.29) is 6.10 Å². The summed E-state index contributed by atoms with van der Waals surface area (Å²) in [6, 6.07) is 1.89. The van der Waals surface area contributed by atoms with Crippen LogP contribution in [0.5, 0.6) is 0 Å². The van der Waals surface area contributed by atoms with E-state index in [0.29, 0.717) is 13.2 Å². The second-order valence-corrected chi connectivity index (χ2v) is 4.62. The van der Waals surface area contributed by atoms with Gasteiger partial charge in [0.05, 0.1) is 12.7 Å². The molecular formula is C12H22N4O2S. The smallest absolute Gasteiger partial charge is 0.191 e. The number of ether oxygens (including phenoxy) is 2. The van der Waals surface area contributed by atoms with Gasteiger partial charge < -0.3 is 20.1 Å². The first-order valence-corrected chi connectivity index (χ1v) is 7.38. The number of rotatable bonds is 9. The number of anilines is 2. The summed E-state index contributed by atoms with van der Waals surface area (Å²) in [6.07, 6.45) is 1.96. The average molecular weight is 286 g/mol. The Kier molecular flexibility index (Phi) is 7.54. The molecule has 0 saturated carbocycles. The molecule has 0 amide bonds. The third-order valence-corrected chi connectivity index (χ3v) is 2.99. The third kappa shape index (κ3) is 5.63. The molecule has 0 aliphatic carbocycles. The lowest BCUT2D eigenvalue weighted by Gasteiger charge is -2.16. The van der Waals surface area contributed by atoms with Crippen molar-refractivity contribution in [2.24, 2.45) is 0 Å². The van der Waals surface area contributed by atoms with Crippen molar-refractivity contribution in [2.75, 3.05) is 50.8 Å². The van der Waals surface area contributed by atoms with Crippen molar-refractivity contribution < 1.29 is 9.47 Å². The molecule has 0 aliphatic heterocycles. The van der Waals surface area contributed by atoms with Crippen LogP contribution in [-0.4, -0.2) is 56.2 Å². The van der Waals surface area contributed by atoms with Crippen LogP contribution >= 0.6 is 11.8 Å². The number of thioether (sulfide) groups is 1. The molecule has 1 heterocycles. The van der Waals surface area contributed by atoms with Gasteiger partial charge in [-0.15, -0.1) is 0 Å². The van der Waals surface area contributed by atoms with Crippen LogP contribution in [0.1, 0.15) is 6.92 Å². The molecule has 1 rings (SSSR count). The Balaban J connectivity index is 2.67. The summed E-state index contributed by atoms with van der Waals surface area (Å²) in [6.45, 7) is 4.05. The van der Waals surface area contributed by atoms with Crippen molar-refractivity contribution in [1.82, 2.24) is 9.97 Å². The highest BCUT2D eigenvalue weighted by Crippen LogP contribution is 2.17. The zero-order valence-electron chi connectivity index (χ0n) is 11.9. The Morgan fingerprint density at radius 3 is 2.47 bits per heavy atom. The van der Waals surface area contributed by atoms with Crippen LogP contribution in [0.25, 0.3) is 0 Å². The molecule has 1 aromatic heterocycles. The fourth-order valence-electron chi connectivity index (χ4n) is 1.49. The number of methoxy groups -OCH3 is 2. The first kappa shape index (κ1) is 16.0. The number of hydrogen-bond acceptors (Lipinski definition) is 7. The largest absolute Gasteiger partial charge is 0.382 e. The van der Waals surface area contributed by atoms with E-state index < -0.39 is 0 Å². The fourth-order valence-corrected chi connectivity index (χ4v) is 1.87. The normalized spacial score (nSPS) is 12.2. The van der Waals surface area contributed by atoms with E-state index in [4.69, 9.17) is 9.47 Å². The molecule has 1 atom stereocenters. The summed E-state index contributed by atoms with van der Waals surface area (Å²) in [5.74, 6) is 1.61. The number of aromatic nitrogens is 2. The van der Waals surface area contributed by atoms with Crippen molar-refractivity contribution in [3.63, 3.8) is 0 Å². The summed E-state index contributed by atoms with van der Waals surface area (Å²) >= 11 is 1.52. The van der Waals surface area contributed by atoms with Gasteiger partial charge in [0, 0.05) is 33.4 Å². The van der Waals surface area contributed by atoms with Gasteiger partial charge in [-0.25, -0.2) is 9.97 Å². The van der Waals surface area contributed by atoms with Crippen LogP contribution < -0.4 is 10.6 Å². The molecule has 0 aromatic carbocycles. The lowest BCUT2D eigenvalue weighted by atomic mass is 10.3. The summed E-state index contributed by atoms with van der Waals surface area (Å²) < 4.78 is 10.4. The number of nitrogens with zero attached hydrogens (tertiary/aromatic N) is 2. The summed E-state index contributed by atoms with van der Waals surface area (Å²) in [7, 11) is 3.33. The van der Waals surface area contributed by atoms with E-state index in [1.807, 2.05) is 19.2 Å². The Morgan fingerprint density at radius 1 is 1.26 bits per heavy atom. The lowest BCUT2D eigenvalue weighted by molar-refractivity contribution is 0.0365. The minimum atomic E-state index is 0.000259. The highest BCUT2D eigenvalue weighted by atomic mass is 32.2. The van der Waals surface area contributed by atoms with Gasteiger partial charge in [0.15, 0.2) is 5.16 Å². The van der Waals surface area contributed by atoms with Crippen LogP contribution in [0.4, 0.5) is 11.6 Å². The van der Waals surface area contributed by atoms with Gasteiger partial charge in [-0.05, 0) is 13.2 Å². The molecule has 0 saturated heterocycles. The predicted octanol–water partition coefficient (Wildman–Crippen LogP) is 1.70. The highest BCUT2D eigenvalue weighted by Gasteiger charge is 2.08. The van der Waals surface area contributed by atoms with Crippen molar-refractivity contribution >= 4 is 23.4 Å². The highest BCUT2D eigenvalue weighted by molar-refractivity contribution is 7.98. The molecular weight excluding hydrogens is 264 g/mol. The second-order valence-electron chi connectivity index (χ2n) is 3.85. The molecule has 6 nitrogen and oxygen atoms in total. The molecule has 2 N–H and O–H groups in total. The lowest BCUT2D eigenvalue weighted by Crippen LogP contribution is -2.27. The van der Waals surface area contributed by atoms with Gasteiger partial charge in [-0.3, -0.25) is 0 Å². The van der Waals surface area contributed by atoms with E-state index in [0.717, 1.165) is 23.3 Å². The van der Waals surface area contributed by atoms with Crippen molar-refractivity contribution in [1.29, 1.82) is 0 Å². The van der Waals surface area contributed by atoms with Crippen molar-refractivity contribution in [2.45, 2.75) is 18.2 Å². The Labute approximate surface area is 118 Å². The Bertz CT molecular complexity index is 379. The molecule has 0 fully saturated rings. The zero-order valence-corrected chi connectivity index (χ0v) is 12.7. The van der Waals surface area contributed by atoms with Crippen LogP contribution in [0.15, 0.2) is 11.2 Å². The van der Waals surface area contributed by atoms with Gasteiger partial charge in [-0.1, -0.05) is 11.8 Å². The molecule has 1 unspecified atom stereocenters. The van der Waals surface area contributed by atoms with Crippen molar-refractivity contribution in [3.8, 4) is 0 Å². The Hall–Kier alpha value is -1.05. The van der Waals surface area contributed by atoms with E-state index in [9.17, 15) is 0 Å². The first-order chi connectivity index (χ1) is 9.23. The minimum Gasteiger partial charge on any atom is -0.382 e. The molecule has 19 heavy (non-hydrogen) atoms. The second kappa shape index (κ2) is 8.95. The summed E-state index contributed by atoms with van der Waals surface area (Å²) in [5.41, 5.74) is 0. The van der Waals surface area contributed by atoms with Gasteiger partial charge >= 0.3 is 0 Å². The van der Waals surface area contributed by atoms with Crippen LogP contribution in [0.3, 0.4) is 0 Å². The van der Waals surface area contributed by atoms with E-state index >= 15 is 0 Å². The molecule has 0 radical (unpaired) electrons. The van der Waals surface area contributed by atoms with Gasteiger partial charge in [-0.2, -0.15) is 0 Å². The van der Waals surface area contributed by atoms with E-state index in [2.05, 4.69) is 20.6 Å². The Morgan fingerprint density at radius 2 is 1.95 bits per heavy atom. The molecule has 0 spiro atoms. The molecule has 7 heteroatoms. The maximum atomic E-state index is 5.30. The minimum absolute atomic E-state index is 0.000259. The van der Waals surface area contributed by atoms with Gasteiger partial charge in [0.2, 0.25) is 0 Å². The van der Waals surface area contributed by atoms with Crippen molar-refractivity contribution in [3.05, 3.63) is 6.07 Å². The zero-order chi connectivity index (χ0) is 14.1. The van der Waals surface area contributed by atoms with Crippen LogP contribution in [0, 0.1) is 0 Å². The maximum absolute atomic E-state index is 5.30. The van der Waals surface area contributed by atoms with Crippen LogP contribution in [-0.2, 0) is 9.47 Å². The average Bonchev–Trinajstić information content (AvgIpc) is 2.43. The van der Waals surface area contributed by atoms with Gasteiger partial charge in [0.25, 0.3) is 0 Å². The monoisotopic (exact) mass is 286 g/mol. The number of hydrogen-bond donors (Lipinski definition) is 2. The summed E-state index contributed by atoms with van der Waals surface area (Å²) in [4.78, 5) is 8.77. The van der Waals surface area contributed by atoms with E-state index in [1.165, 1.54) is 11.8 Å². The molecule has 0 bridgehead atoms. The molecule has 108 valence electrons. The predicted molar refractivity (Wildman–Crippen MR) is 79.1 cm³/mol.